The van der Waals surface area contributed by atoms with Crippen molar-refractivity contribution in [2.75, 3.05) is 0 Å². The van der Waals surface area contributed by atoms with Crippen LogP contribution in [-0.2, 0) is 7.05 Å². The second kappa shape index (κ2) is 8.26. The van der Waals surface area contributed by atoms with Crippen molar-refractivity contribution in [3.8, 4) is 39.4 Å². The fourth-order valence-corrected chi connectivity index (χ4v) is 4.77. The van der Waals surface area contributed by atoms with Crippen LogP contribution in [0.4, 0.5) is 0 Å². The van der Waals surface area contributed by atoms with Crippen LogP contribution in [0.3, 0.4) is 0 Å². The lowest BCUT2D eigenvalue weighted by Gasteiger charge is -2.08. The Morgan fingerprint density at radius 3 is 1.51 bits per heavy atom. The molecule has 1 amide bonds. The fourth-order valence-electron chi connectivity index (χ4n) is 4.77. The molecule has 1 N–H and O–H groups in total. The van der Waals surface area contributed by atoms with E-state index in [1.165, 1.54) is 0 Å². The van der Waals surface area contributed by atoms with E-state index in [1.807, 2.05) is 84.9 Å². The maximum absolute atomic E-state index is 13.1. The van der Waals surface area contributed by atoms with Gasteiger partial charge < -0.3 is 9.67 Å². The number of fused-ring (bicyclic) bond motifs is 1. The Balaban J connectivity index is 1.39. The zero-order valence-corrected chi connectivity index (χ0v) is 19.1. The highest BCUT2D eigenvalue weighted by Gasteiger charge is 2.35. The van der Waals surface area contributed by atoms with Crippen LogP contribution in [0.25, 0.3) is 33.5 Å². The number of rotatable bonds is 4. The number of carbonyl (C=O) groups excluding carboxylic acids is 1. The number of hydrogen-bond donors (Lipinski definition) is 1. The molecule has 0 atom stereocenters. The zero-order chi connectivity index (χ0) is 23.9. The van der Waals surface area contributed by atoms with E-state index in [4.69, 9.17) is 0 Å². The van der Waals surface area contributed by atoms with Gasteiger partial charge in [0.25, 0.3) is 5.91 Å². The van der Waals surface area contributed by atoms with Crippen molar-refractivity contribution in [1.82, 2.24) is 4.57 Å². The van der Waals surface area contributed by atoms with Crippen molar-refractivity contribution in [1.29, 1.82) is 0 Å². The van der Waals surface area contributed by atoms with Crippen molar-refractivity contribution in [2.24, 2.45) is 12.0 Å². The van der Waals surface area contributed by atoms with E-state index in [1.54, 1.807) is 11.6 Å². The Morgan fingerprint density at radius 2 is 1.00 bits per heavy atom. The Labute approximate surface area is 203 Å². The molecule has 0 bridgehead atoms. The van der Waals surface area contributed by atoms with Gasteiger partial charge >= 0.3 is 0 Å². The van der Waals surface area contributed by atoms with Gasteiger partial charge in [0, 0.05) is 12.6 Å². The maximum Gasteiger partial charge on any atom is 0.280 e. The zero-order valence-electron chi connectivity index (χ0n) is 19.1. The van der Waals surface area contributed by atoms with E-state index in [2.05, 4.69) is 29.3 Å². The molecular formula is C31H22N2O2. The standard InChI is InChI=1S/C31H22N2O2/c1-33-29(25-18-14-23(15-19-25)21-10-6-3-7-11-21)27-26(31(33)35)28(32-30(27)34)24-16-12-22(13-17-24)20-8-4-2-5-9-20/h2-19,35H,1H3. The number of hydrogen-bond acceptors (Lipinski definition) is 2. The predicted molar refractivity (Wildman–Crippen MR) is 140 cm³/mol. The minimum Gasteiger partial charge on any atom is -0.494 e. The van der Waals surface area contributed by atoms with Crippen LogP contribution in [0.1, 0.15) is 21.5 Å². The molecule has 168 valence electrons. The first kappa shape index (κ1) is 20.9. The van der Waals surface area contributed by atoms with Crippen LogP contribution in [0.2, 0.25) is 0 Å². The highest BCUT2D eigenvalue weighted by molar-refractivity contribution is 6.30. The van der Waals surface area contributed by atoms with E-state index in [0.717, 1.165) is 33.4 Å². The lowest BCUT2D eigenvalue weighted by molar-refractivity contribution is 0.101. The smallest absolute Gasteiger partial charge is 0.280 e. The molecule has 1 aliphatic heterocycles. The first-order valence-electron chi connectivity index (χ1n) is 11.5. The van der Waals surface area contributed by atoms with Crippen molar-refractivity contribution in [3.63, 3.8) is 0 Å². The second-order valence-electron chi connectivity index (χ2n) is 8.63. The number of aromatic nitrogens is 1. The van der Waals surface area contributed by atoms with E-state index in [0.29, 0.717) is 22.5 Å². The molecule has 4 aromatic carbocycles. The SMILES string of the molecule is Cn1c(O)c2c(c1-c1ccc(-c3ccccc3)cc1)C(=O)N=C2c1ccc(-c2ccccc2)cc1. The molecule has 0 radical (unpaired) electrons. The molecule has 0 fully saturated rings. The number of aliphatic imine (C=N–C) groups is 1. The third-order valence-electron chi connectivity index (χ3n) is 6.56. The van der Waals surface area contributed by atoms with Crippen LogP contribution in [-0.4, -0.2) is 21.3 Å². The number of aromatic hydroxyl groups is 1. The van der Waals surface area contributed by atoms with E-state index in [-0.39, 0.29) is 11.8 Å². The van der Waals surface area contributed by atoms with Gasteiger partial charge in [0.2, 0.25) is 5.88 Å². The van der Waals surface area contributed by atoms with Crippen LogP contribution in [0.5, 0.6) is 5.88 Å². The summed E-state index contributed by atoms with van der Waals surface area (Å²) in [6.45, 7) is 0. The van der Waals surface area contributed by atoms with E-state index >= 15 is 0 Å². The minimum absolute atomic E-state index is 0.0406. The highest BCUT2D eigenvalue weighted by Crippen LogP contribution is 2.40. The largest absolute Gasteiger partial charge is 0.494 e. The maximum atomic E-state index is 13.1. The van der Waals surface area contributed by atoms with Crippen LogP contribution < -0.4 is 0 Å². The summed E-state index contributed by atoms with van der Waals surface area (Å²) in [5.41, 5.74) is 8.17. The molecular weight excluding hydrogens is 432 g/mol. The molecule has 0 saturated carbocycles. The average molecular weight is 455 g/mol. The van der Waals surface area contributed by atoms with E-state index < -0.39 is 0 Å². The van der Waals surface area contributed by atoms with Crippen LogP contribution in [0.15, 0.2) is 114 Å². The summed E-state index contributed by atoms with van der Waals surface area (Å²) in [6, 6.07) is 36.2. The van der Waals surface area contributed by atoms with Crippen molar-refractivity contribution >= 4 is 11.6 Å². The van der Waals surface area contributed by atoms with Gasteiger partial charge in [0.1, 0.15) is 0 Å². The molecule has 0 aliphatic carbocycles. The molecule has 6 rings (SSSR count). The summed E-state index contributed by atoms with van der Waals surface area (Å²) >= 11 is 0. The summed E-state index contributed by atoms with van der Waals surface area (Å²) in [5.74, 6) is -0.293. The van der Waals surface area contributed by atoms with Gasteiger partial charge in [-0.1, -0.05) is 109 Å². The Hall–Kier alpha value is -4.70. The summed E-state index contributed by atoms with van der Waals surface area (Å²) in [6.07, 6.45) is 0. The van der Waals surface area contributed by atoms with Crippen molar-refractivity contribution in [2.45, 2.75) is 0 Å². The lowest BCUT2D eigenvalue weighted by atomic mass is 9.97. The average Bonchev–Trinajstić information content (AvgIpc) is 3.39. The van der Waals surface area contributed by atoms with Crippen molar-refractivity contribution < 1.29 is 9.90 Å². The van der Waals surface area contributed by atoms with Gasteiger partial charge in [0.05, 0.1) is 22.5 Å². The summed E-state index contributed by atoms with van der Waals surface area (Å²) in [5, 5.41) is 11.0. The third-order valence-corrected chi connectivity index (χ3v) is 6.56. The number of amides is 1. The third kappa shape index (κ3) is 3.47. The first-order valence-corrected chi connectivity index (χ1v) is 11.5. The van der Waals surface area contributed by atoms with Gasteiger partial charge in [0.15, 0.2) is 0 Å². The fraction of sp³-hybridized carbons (Fsp3) is 0.0323. The molecule has 35 heavy (non-hydrogen) atoms. The minimum atomic E-state index is -0.333. The molecule has 4 nitrogen and oxygen atoms in total. The second-order valence-corrected chi connectivity index (χ2v) is 8.63. The summed E-state index contributed by atoms with van der Waals surface area (Å²) < 4.78 is 1.67. The topological polar surface area (TPSA) is 54.6 Å². The van der Waals surface area contributed by atoms with Gasteiger partial charge in [-0.15, -0.1) is 0 Å². The van der Waals surface area contributed by atoms with Gasteiger partial charge in [-0.05, 0) is 27.8 Å². The predicted octanol–water partition coefficient (Wildman–Crippen LogP) is 6.72. The summed E-state index contributed by atoms with van der Waals surface area (Å²) in [4.78, 5) is 17.4. The number of nitrogens with zero attached hydrogens (tertiary/aromatic N) is 2. The Morgan fingerprint density at radius 1 is 0.571 bits per heavy atom. The van der Waals surface area contributed by atoms with Crippen LogP contribution >= 0.6 is 0 Å². The normalized spacial score (nSPS) is 12.5. The molecule has 1 aromatic heterocycles. The summed E-state index contributed by atoms with van der Waals surface area (Å²) in [7, 11) is 1.78. The highest BCUT2D eigenvalue weighted by atomic mass is 16.3. The quantitative estimate of drug-likeness (QED) is 0.328. The van der Waals surface area contributed by atoms with Gasteiger partial charge in [-0.25, -0.2) is 4.99 Å². The van der Waals surface area contributed by atoms with Crippen molar-refractivity contribution in [3.05, 3.63) is 126 Å². The molecule has 1 aliphatic rings. The monoisotopic (exact) mass is 454 g/mol. The Bertz CT molecular complexity index is 1580. The molecule has 0 saturated heterocycles. The first-order chi connectivity index (χ1) is 17.1. The van der Waals surface area contributed by atoms with Crippen LogP contribution in [0, 0.1) is 0 Å². The molecule has 5 aromatic rings. The lowest BCUT2D eigenvalue weighted by Crippen LogP contribution is -2.01. The van der Waals surface area contributed by atoms with Gasteiger partial charge in [-0.3, -0.25) is 4.79 Å². The molecule has 0 spiro atoms. The number of benzene rings is 4. The molecule has 0 unspecified atom stereocenters. The van der Waals surface area contributed by atoms with Gasteiger partial charge in [-0.2, -0.15) is 0 Å². The van der Waals surface area contributed by atoms with E-state index in [9.17, 15) is 9.90 Å². The molecule has 4 heteroatoms. The number of carbonyl (C=O) groups is 1. The Kier molecular flexibility index (Phi) is 4.93. The molecule has 2 heterocycles.